The van der Waals surface area contributed by atoms with Gasteiger partial charge in [0.25, 0.3) is 0 Å². The van der Waals surface area contributed by atoms with Crippen molar-refractivity contribution in [3.05, 3.63) is 0 Å². The average molecular weight is 299 g/mol. The van der Waals surface area contributed by atoms with E-state index in [4.69, 9.17) is 10.6 Å². The lowest BCUT2D eigenvalue weighted by Gasteiger charge is -2.26. The van der Waals surface area contributed by atoms with Crippen molar-refractivity contribution in [1.29, 1.82) is 0 Å². The number of hydrogen-bond acceptors (Lipinski definition) is 3. The molecule has 0 radical (unpaired) electrons. The van der Waals surface area contributed by atoms with E-state index in [1.807, 2.05) is 0 Å². The fourth-order valence-corrected chi connectivity index (χ4v) is 2.83. The van der Waals surface area contributed by atoms with Gasteiger partial charge in [0, 0.05) is 7.05 Å². The monoisotopic (exact) mass is 299 g/mol. The van der Waals surface area contributed by atoms with Crippen LogP contribution in [0.2, 0.25) is 0 Å². The van der Waals surface area contributed by atoms with Gasteiger partial charge in [-0.3, -0.25) is 4.84 Å². The molecule has 0 atom stereocenters. The van der Waals surface area contributed by atoms with Gasteiger partial charge in [-0.25, -0.2) is 9.86 Å². The summed E-state index contributed by atoms with van der Waals surface area (Å²) in [4.78, 5) is 17.6. The van der Waals surface area contributed by atoms with Crippen LogP contribution in [0.15, 0.2) is 0 Å². The van der Waals surface area contributed by atoms with Gasteiger partial charge >= 0.3 is 6.03 Å². The number of rotatable bonds is 10. The summed E-state index contributed by atoms with van der Waals surface area (Å²) in [5.74, 6) is 0.621. The molecular formula is C16H33N3O2. The Morgan fingerprint density at radius 3 is 2.48 bits per heavy atom. The van der Waals surface area contributed by atoms with Crippen LogP contribution >= 0.6 is 0 Å². The predicted molar refractivity (Wildman–Crippen MR) is 85.8 cm³/mol. The molecule has 2 amide bonds. The fraction of sp³-hybridized carbons (Fsp3) is 0.938. The fourth-order valence-electron chi connectivity index (χ4n) is 2.83. The number of urea groups is 1. The number of nitrogens with one attached hydrogen (secondary N) is 1. The summed E-state index contributed by atoms with van der Waals surface area (Å²) >= 11 is 0. The number of hydroxylamine groups is 2. The Bertz CT molecular complexity index is 268. The number of unbranched alkanes of at least 4 members (excludes halogenated alkanes) is 4. The van der Waals surface area contributed by atoms with Crippen LogP contribution in [0, 0.1) is 5.92 Å². The minimum Gasteiger partial charge on any atom is -0.339 e. The van der Waals surface area contributed by atoms with E-state index in [0.717, 1.165) is 25.8 Å². The van der Waals surface area contributed by atoms with Crippen molar-refractivity contribution in [2.75, 3.05) is 26.7 Å². The second kappa shape index (κ2) is 11.8. The molecule has 0 aromatic carbocycles. The summed E-state index contributed by atoms with van der Waals surface area (Å²) in [6.45, 7) is 2.13. The first-order valence-corrected chi connectivity index (χ1v) is 8.60. The maximum absolute atomic E-state index is 11.8. The van der Waals surface area contributed by atoms with Gasteiger partial charge in [0.15, 0.2) is 0 Å². The Balaban J connectivity index is 2.19. The van der Waals surface area contributed by atoms with Crippen LogP contribution in [0.1, 0.15) is 64.2 Å². The van der Waals surface area contributed by atoms with Gasteiger partial charge in [-0.1, -0.05) is 38.5 Å². The highest BCUT2D eigenvalue weighted by atomic mass is 16.7. The van der Waals surface area contributed by atoms with E-state index in [0.29, 0.717) is 19.1 Å². The van der Waals surface area contributed by atoms with Crippen LogP contribution in [0.3, 0.4) is 0 Å². The molecule has 0 bridgehead atoms. The van der Waals surface area contributed by atoms with Crippen molar-refractivity contribution in [3.8, 4) is 0 Å². The first kappa shape index (κ1) is 18.2. The largest absolute Gasteiger partial charge is 0.341 e. The highest BCUT2D eigenvalue weighted by Crippen LogP contribution is 2.24. The molecule has 0 spiro atoms. The number of hydrogen-bond donors (Lipinski definition) is 2. The highest BCUT2D eigenvalue weighted by Gasteiger charge is 2.18. The average Bonchev–Trinajstić information content (AvgIpc) is 2.53. The van der Waals surface area contributed by atoms with Crippen molar-refractivity contribution in [3.63, 3.8) is 0 Å². The minimum absolute atomic E-state index is 0.132. The molecule has 124 valence electrons. The molecular weight excluding hydrogens is 266 g/mol. The Morgan fingerprint density at radius 1 is 1.14 bits per heavy atom. The molecule has 0 aliphatic heterocycles. The molecule has 21 heavy (non-hydrogen) atoms. The Labute approximate surface area is 129 Å². The summed E-state index contributed by atoms with van der Waals surface area (Å²) in [6, 6.07) is -0.132. The molecule has 1 fully saturated rings. The molecule has 1 aliphatic carbocycles. The second-order valence-electron chi connectivity index (χ2n) is 6.01. The van der Waals surface area contributed by atoms with E-state index >= 15 is 0 Å². The topological polar surface area (TPSA) is 67.6 Å². The van der Waals surface area contributed by atoms with E-state index in [9.17, 15) is 4.79 Å². The zero-order valence-corrected chi connectivity index (χ0v) is 13.6. The summed E-state index contributed by atoms with van der Waals surface area (Å²) in [5, 5.41) is 4.17. The molecule has 0 unspecified atom stereocenters. The summed E-state index contributed by atoms with van der Waals surface area (Å²) in [5.41, 5.74) is 5.48. The van der Waals surface area contributed by atoms with Crippen LogP contribution in [0.4, 0.5) is 4.79 Å². The third-order valence-electron chi connectivity index (χ3n) is 4.20. The third-order valence-corrected chi connectivity index (χ3v) is 4.20. The Hall–Kier alpha value is -0.810. The lowest BCUT2D eigenvalue weighted by atomic mass is 9.90. The van der Waals surface area contributed by atoms with Gasteiger partial charge in [0.2, 0.25) is 0 Å². The maximum atomic E-state index is 11.8. The van der Waals surface area contributed by atoms with E-state index in [1.165, 1.54) is 50.0 Å². The van der Waals surface area contributed by atoms with Crippen LogP contribution < -0.4 is 11.1 Å². The smallest absolute Gasteiger partial charge is 0.339 e. The summed E-state index contributed by atoms with van der Waals surface area (Å²) in [7, 11) is 1.65. The molecule has 0 saturated heterocycles. The quantitative estimate of drug-likeness (QED) is 0.481. The van der Waals surface area contributed by atoms with Gasteiger partial charge in [0.1, 0.15) is 0 Å². The van der Waals surface area contributed by atoms with Gasteiger partial charge in [-0.2, -0.15) is 0 Å². The molecule has 1 saturated carbocycles. The first-order valence-electron chi connectivity index (χ1n) is 8.60. The Morgan fingerprint density at radius 2 is 1.81 bits per heavy atom. The lowest BCUT2D eigenvalue weighted by molar-refractivity contribution is -0.132. The third kappa shape index (κ3) is 8.27. The van der Waals surface area contributed by atoms with Crippen LogP contribution in [-0.2, 0) is 4.84 Å². The van der Waals surface area contributed by atoms with Gasteiger partial charge in [-0.05, 0) is 38.1 Å². The van der Waals surface area contributed by atoms with Crippen molar-refractivity contribution in [1.82, 2.24) is 10.4 Å². The molecule has 1 rings (SSSR count). The molecule has 0 heterocycles. The van der Waals surface area contributed by atoms with Crippen molar-refractivity contribution in [2.45, 2.75) is 64.2 Å². The normalized spacial score (nSPS) is 15.9. The van der Waals surface area contributed by atoms with E-state index < -0.39 is 0 Å². The zero-order chi connectivity index (χ0) is 15.3. The Kier molecular flexibility index (Phi) is 10.3. The standard InChI is InChI=1S/C16H33N3O2/c1-18-16(20)19(13-9-4-2-3-8-12-17)21-14-15-10-6-5-7-11-15/h15H,2-14,17H2,1H3,(H,18,20). The van der Waals surface area contributed by atoms with E-state index in [1.54, 1.807) is 7.05 Å². The molecule has 5 heteroatoms. The lowest BCUT2D eigenvalue weighted by Crippen LogP contribution is -2.39. The van der Waals surface area contributed by atoms with Crippen LogP contribution in [0.25, 0.3) is 0 Å². The van der Waals surface area contributed by atoms with Crippen molar-refractivity contribution < 1.29 is 9.63 Å². The SMILES string of the molecule is CNC(=O)N(CCCCCCCN)OCC1CCCCC1. The highest BCUT2D eigenvalue weighted by molar-refractivity contribution is 5.72. The number of nitrogens with zero attached hydrogens (tertiary/aromatic N) is 1. The zero-order valence-electron chi connectivity index (χ0n) is 13.6. The second-order valence-corrected chi connectivity index (χ2v) is 6.01. The van der Waals surface area contributed by atoms with Gasteiger partial charge in [0.05, 0.1) is 13.2 Å². The van der Waals surface area contributed by atoms with E-state index in [2.05, 4.69) is 5.32 Å². The number of amides is 2. The molecule has 0 aromatic heterocycles. The number of nitrogens with two attached hydrogens (primary N) is 1. The minimum atomic E-state index is -0.132. The number of carbonyl (C=O) groups is 1. The predicted octanol–water partition coefficient (Wildman–Crippen LogP) is 3.05. The van der Waals surface area contributed by atoms with Gasteiger partial charge < -0.3 is 11.1 Å². The van der Waals surface area contributed by atoms with Crippen molar-refractivity contribution >= 4 is 6.03 Å². The molecule has 0 aromatic rings. The van der Waals surface area contributed by atoms with Crippen molar-refractivity contribution in [2.24, 2.45) is 11.7 Å². The van der Waals surface area contributed by atoms with Crippen LogP contribution in [-0.4, -0.2) is 37.8 Å². The maximum Gasteiger partial charge on any atom is 0.341 e. The van der Waals surface area contributed by atoms with Crippen LogP contribution in [0.5, 0.6) is 0 Å². The summed E-state index contributed by atoms with van der Waals surface area (Å²) in [6.07, 6.45) is 12.0. The first-order chi connectivity index (χ1) is 10.3. The summed E-state index contributed by atoms with van der Waals surface area (Å²) < 4.78 is 0. The van der Waals surface area contributed by atoms with E-state index in [-0.39, 0.29) is 6.03 Å². The molecule has 3 N–H and O–H groups in total. The molecule has 5 nitrogen and oxygen atoms in total. The molecule has 1 aliphatic rings. The van der Waals surface area contributed by atoms with Gasteiger partial charge in [-0.15, -0.1) is 0 Å². The number of carbonyl (C=O) groups excluding carboxylic acids is 1.